The summed E-state index contributed by atoms with van der Waals surface area (Å²) in [5.74, 6) is -0.750. The van der Waals surface area contributed by atoms with Gasteiger partial charge in [0.25, 0.3) is 0 Å². The molecule has 148 valence electrons. The number of hydrogen-bond donors (Lipinski definition) is 1. The summed E-state index contributed by atoms with van der Waals surface area (Å²) in [7, 11) is -0.323. The lowest BCUT2D eigenvalue weighted by Gasteiger charge is -2.33. The second-order valence-corrected chi connectivity index (χ2v) is 8.59. The van der Waals surface area contributed by atoms with Gasteiger partial charge in [0, 0.05) is 37.4 Å². The predicted octanol–water partition coefficient (Wildman–Crippen LogP) is 1.83. The number of hydrogen-bond acceptors (Lipinski definition) is 5. The Bertz CT molecular complexity index is 651. The summed E-state index contributed by atoms with van der Waals surface area (Å²) in [5, 5.41) is 0. The molecule has 7 heteroatoms. The molecule has 1 atom stereocenters. The van der Waals surface area contributed by atoms with Crippen LogP contribution >= 0.6 is 0 Å². The second-order valence-electron chi connectivity index (χ2n) is 8.59. The molecule has 1 heterocycles. The van der Waals surface area contributed by atoms with Gasteiger partial charge in [-0.15, -0.1) is 0 Å². The molecule has 1 aliphatic heterocycles. The summed E-state index contributed by atoms with van der Waals surface area (Å²) in [6.07, 6.45) is 1.62. The van der Waals surface area contributed by atoms with Crippen molar-refractivity contribution in [1.29, 1.82) is 0 Å². The first-order valence-electron chi connectivity index (χ1n) is 9.32. The maximum atomic E-state index is 11.4. The van der Waals surface area contributed by atoms with Crippen molar-refractivity contribution < 1.29 is 23.6 Å². The Labute approximate surface area is 161 Å². The van der Waals surface area contributed by atoms with Gasteiger partial charge in [-0.25, -0.2) is 0 Å². The van der Waals surface area contributed by atoms with Crippen LogP contribution in [0.3, 0.4) is 0 Å². The number of benzene rings is 1. The fraction of sp³-hybridized carbons (Fsp3) is 0.600. The Morgan fingerprint density at radius 2 is 1.81 bits per heavy atom. The number of primary amides is 1. The van der Waals surface area contributed by atoms with Crippen molar-refractivity contribution in [1.82, 2.24) is 0 Å². The Morgan fingerprint density at radius 1 is 1.22 bits per heavy atom. The molecule has 0 aromatic heterocycles. The molecule has 0 aliphatic carbocycles. The van der Waals surface area contributed by atoms with Gasteiger partial charge in [-0.3, -0.25) is 9.59 Å². The lowest BCUT2D eigenvalue weighted by atomic mass is 9.75. The smallest absolute Gasteiger partial charge is 0.465 e. The van der Waals surface area contributed by atoms with Crippen LogP contribution in [0.25, 0.3) is 0 Å². The molecule has 0 radical (unpaired) electrons. The van der Waals surface area contributed by atoms with E-state index in [9.17, 15) is 9.59 Å². The zero-order chi connectivity index (χ0) is 20.1. The van der Waals surface area contributed by atoms with Gasteiger partial charge in [0.15, 0.2) is 0 Å². The first-order chi connectivity index (χ1) is 12.6. The van der Waals surface area contributed by atoms with Crippen LogP contribution in [-0.4, -0.2) is 38.8 Å². The molecule has 2 N–H and O–H groups in total. The lowest BCUT2D eigenvalue weighted by molar-refractivity contribution is -0.145. The fourth-order valence-corrected chi connectivity index (χ4v) is 3.08. The van der Waals surface area contributed by atoms with Gasteiger partial charge in [-0.05, 0) is 23.9 Å². The molecule has 1 amide bonds. The van der Waals surface area contributed by atoms with Crippen LogP contribution in [0.4, 0.5) is 0 Å². The lowest BCUT2D eigenvalue weighted by Crippen LogP contribution is -2.47. The van der Waals surface area contributed by atoms with Crippen molar-refractivity contribution in [3.63, 3.8) is 0 Å². The minimum atomic E-state index is -0.475. The second kappa shape index (κ2) is 8.89. The third-order valence-electron chi connectivity index (χ3n) is 4.74. The molecular formula is C20H30BNO5. The van der Waals surface area contributed by atoms with Gasteiger partial charge in [-0.1, -0.05) is 45.0 Å². The van der Waals surface area contributed by atoms with E-state index in [1.54, 1.807) is 0 Å². The number of aryl methyl sites for hydroxylation is 1. The summed E-state index contributed by atoms with van der Waals surface area (Å²) in [6, 6.07) is 8.10. The standard InChI is InChI=1S/C20H30BNO5/c1-15(23)25-14-20(4,11-18(22)24)10-9-16-5-7-17(8-6-16)21-26-12-19(2,3)13-27-21/h5-8H,9-14H2,1-4H3,(H2,22,24). The van der Waals surface area contributed by atoms with Gasteiger partial charge in [0.05, 0.1) is 6.61 Å². The Kier molecular flexibility index (Phi) is 7.06. The maximum Gasteiger partial charge on any atom is 0.493 e. The Hall–Kier alpha value is -1.86. The van der Waals surface area contributed by atoms with Crippen molar-refractivity contribution in [3.8, 4) is 0 Å². The fourth-order valence-electron chi connectivity index (χ4n) is 3.08. The summed E-state index contributed by atoms with van der Waals surface area (Å²) in [6.45, 7) is 9.03. The summed E-state index contributed by atoms with van der Waals surface area (Å²) in [5.41, 5.74) is 7.07. The molecule has 2 rings (SSSR count). The van der Waals surface area contributed by atoms with Crippen molar-refractivity contribution in [2.24, 2.45) is 16.6 Å². The van der Waals surface area contributed by atoms with E-state index >= 15 is 0 Å². The minimum Gasteiger partial charge on any atom is -0.465 e. The van der Waals surface area contributed by atoms with Crippen LogP contribution in [0.15, 0.2) is 24.3 Å². The van der Waals surface area contributed by atoms with Crippen LogP contribution in [-0.2, 0) is 30.1 Å². The monoisotopic (exact) mass is 375 g/mol. The number of amides is 1. The summed E-state index contributed by atoms with van der Waals surface area (Å²) in [4.78, 5) is 22.5. The van der Waals surface area contributed by atoms with E-state index in [2.05, 4.69) is 13.8 Å². The number of esters is 1. The first kappa shape index (κ1) is 21.4. The van der Waals surface area contributed by atoms with E-state index in [1.165, 1.54) is 6.92 Å². The molecule has 1 fully saturated rings. The van der Waals surface area contributed by atoms with Gasteiger partial charge >= 0.3 is 13.1 Å². The molecule has 1 unspecified atom stereocenters. The summed E-state index contributed by atoms with van der Waals surface area (Å²) >= 11 is 0. The van der Waals surface area contributed by atoms with E-state index < -0.39 is 11.3 Å². The zero-order valence-corrected chi connectivity index (χ0v) is 16.7. The third-order valence-corrected chi connectivity index (χ3v) is 4.74. The average molecular weight is 375 g/mol. The highest BCUT2D eigenvalue weighted by molar-refractivity contribution is 6.61. The highest BCUT2D eigenvalue weighted by Crippen LogP contribution is 2.28. The van der Waals surface area contributed by atoms with Gasteiger partial charge in [0.1, 0.15) is 0 Å². The molecule has 27 heavy (non-hydrogen) atoms. The SMILES string of the molecule is CC(=O)OCC(C)(CCc1ccc(B2OCC(C)(C)CO2)cc1)CC(N)=O. The van der Waals surface area contributed by atoms with Crippen LogP contribution in [0, 0.1) is 10.8 Å². The van der Waals surface area contributed by atoms with Crippen molar-refractivity contribution in [3.05, 3.63) is 29.8 Å². The highest BCUT2D eigenvalue weighted by atomic mass is 16.6. The molecule has 0 spiro atoms. The van der Waals surface area contributed by atoms with E-state index in [4.69, 9.17) is 19.8 Å². The largest absolute Gasteiger partial charge is 0.493 e. The van der Waals surface area contributed by atoms with E-state index in [1.807, 2.05) is 31.2 Å². The molecule has 1 saturated heterocycles. The van der Waals surface area contributed by atoms with Gasteiger partial charge in [-0.2, -0.15) is 0 Å². The average Bonchev–Trinajstić information content (AvgIpc) is 2.58. The van der Waals surface area contributed by atoms with Gasteiger partial charge < -0.3 is 19.8 Å². The normalized spacial score (nSPS) is 18.6. The van der Waals surface area contributed by atoms with Crippen LogP contribution in [0.5, 0.6) is 0 Å². The van der Waals surface area contributed by atoms with Crippen LogP contribution in [0.1, 0.15) is 46.1 Å². The summed E-state index contributed by atoms with van der Waals surface area (Å²) < 4.78 is 16.8. The minimum absolute atomic E-state index is 0.0449. The van der Waals surface area contributed by atoms with Crippen molar-refractivity contribution in [2.45, 2.75) is 47.0 Å². The zero-order valence-electron chi connectivity index (χ0n) is 16.7. The number of carbonyl (C=O) groups is 2. The number of ether oxygens (including phenoxy) is 1. The number of carbonyl (C=O) groups excluding carboxylic acids is 2. The van der Waals surface area contributed by atoms with E-state index in [0.29, 0.717) is 19.6 Å². The Morgan fingerprint density at radius 3 is 2.33 bits per heavy atom. The molecule has 1 aromatic rings. The van der Waals surface area contributed by atoms with Crippen LogP contribution in [0.2, 0.25) is 0 Å². The van der Waals surface area contributed by atoms with E-state index in [0.717, 1.165) is 17.4 Å². The quantitative estimate of drug-likeness (QED) is 0.553. The molecule has 1 aromatic carbocycles. The molecular weight excluding hydrogens is 345 g/mol. The number of nitrogens with two attached hydrogens (primary N) is 1. The third kappa shape index (κ3) is 6.99. The van der Waals surface area contributed by atoms with Crippen molar-refractivity contribution in [2.75, 3.05) is 19.8 Å². The number of rotatable bonds is 8. The van der Waals surface area contributed by atoms with E-state index in [-0.39, 0.29) is 31.5 Å². The molecule has 6 nitrogen and oxygen atoms in total. The first-order valence-corrected chi connectivity index (χ1v) is 9.32. The van der Waals surface area contributed by atoms with Crippen LogP contribution < -0.4 is 11.2 Å². The molecule has 0 bridgehead atoms. The molecule has 0 saturated carbocycles. The highest BCUT2D eigenvalue weighted by Gasteiger charge is 2.33. The molecule has 1 aliphatic rings. The topological polar surface area (TPSA) is 87.8 Å². The van der Waals surface area contributed by atoms with Crippen molar-refractivity contribution >= 4 is 24.5 Å². The maximum absolute atomic E-state index is 11.4. The Balaban J connectivity index is 1.94. The predicted molar refractivity (Wildman–Crippen MR) is 104 cm³/mol. The van der Waals surface area contributed by atoms with Gasteiger partial charge in [0.2, 0.25) is 5.91 Å².